The molecule has 1 heterocycles. The van der Waals surface area contributed by atoms with Crippen LogP contribution in [-0.4, -0.2) is 35.9 Å². The number of carbonyl (C=O) groups excluding carboxylic acids is 1. The number of amides is 1. The molecule has 0 bridgehead atoms. The highest BCUT2D eigenvalue weighted by Crippen LogP contribution is 2.28. The monoisotopic (exact) mass is 430 g/mol. The second-order valence-electron chi connectivity index (χ2n) is 7.95. The van der Waals surface area contributed by atoms with E-state index in [0.717, 1.165) is 16.9 Å². The summed E-state index contributed by atoms with van der Waals surface area (Å²) in [5, 5.41) is 0. The molecule has 0 saturated heterocycles. The zero-order valence-electron chi connectivity index (χ0n) is 18.2. The second-order valence-corrected chi connectivity index (χ2v) is 7.95. The minimum atomic E-state index is -0.284. The van der Waals surface area contributed by atoms with Gasteiger partial charge in [-0.3, -0.25) is 9.69 Å². The third-order valence-corrected chi connectivity index (χ3v) is 5.67. The molecule has 0 N–H and O–H groups in total. The van der Waals surface area contributed by atoms with Crippen LogP contribution in [0.2, 0.25) is 0 Å². The summed E-state index contributed by atoms with van der Waals surface area (Å²) in [7, 11) is 1.64. The van der Waals surface area contributed by atoms with E-state index < -0.39 is 0 Å². The van der Waals surface area contributed by atoms with Gasteiger partial charge in [-0.05, 0) is 41.0 Å². The maximum atomic E-state index is 13.5. The Kier molecular flexibility index (Phi) is 6.97. The van der Waals surface area contributed by atoms with Gasteiger partial charge in [-0.25, -0.2) is 4.39 Å². The summed E-state index contributed by atoms with van der Waals surface area (Å²) < 4.78 is 18.7. The first-order chi connectivity index (χ1) is 15.6. The van der Waals surface area contributed by atoms with Crippen molar-refractivity contribution in [2.75, 3.05) is 20.2 Å². The molecule has 5 heteroatoms. The van der Waals surface area contributed by atoms with Gasteiger partial charge in [0.05, 0.1) is 19.7 Å². The van der Waals surface area contributed by atoms with Gasteiger partial charge in [0.2, 0.25) is 5.91 Å². The van der Waals surface area contributed by atoms with Crippen molar-refractivity contribution in [2.45, 2.75) is 19.1 Å². The number of carbonyl (C=O) groups is 1. The van der Waals surface area contributed by atoms with Crippen molar-refractivity contribution in [2.24, 2.45) is 0 Å². The van der Waals surface area contributed by atoms with E-state index in [-0.39, 0.29) is 17.8 Å². The molecule has 164 valence electrons. The second kappa shape index (κ2) is 10.2. The van der Waals surface area contributed by atoms with Gasteiger partial charge in [0.15, 0.2) is 0 Å². The Morgan fingerprint density at radius 1 is 0.906 bits per heavy atom. The number of halogens is 1. The molecule has 0 aromatic heterocycles. The molecular formula is C27H27FN2O2. The van der Waals surface area contributed by atoms with E-state index >= 15 is 0 Å². The van der Waals surface area contributed by atoms with Gasteiger partial charge < -0.3 is 9.64 Å². The molecule has 3 aromatic rings. The molecule has 3 aromatic carbocycles. The molecular weight excluding hydrogens is 403 g/mol. The minimum absolute atomic E-state index is 0.0374. The molecule has 1 amide bonds. The van der Waals surface area contributed by atoms with Gasteiger partial charge in [0.25, 0.3) is 0 Å². The van der Waals surface area contributed by atoms with Crippen LogP contribution in [0.15, 0.2) is 91.0 Å². The zero-order valence-corrected chi connectivity index (χ0v) is 18.2. The molecule has 0 unspecified atom stereocenters. The average Bonchev–Trinajstić information content (AvgIpc) is 2.81. The molecule has 1 aliphatic heterocycles. The maximum absolute atomic E-state index is 13.5. The molecule has 0 aliphatic carbocycles. The molecule has 4 rings (SSSR count). The van der Waals surface area contributed by atoms with Crippen molar-refractivity contribution in [3.05, 3.63) is 114 Å². The predicted molar refractivity (Wildman–Crippen MR) is 124 cm³/mol. The van der Waals surface area contributed by atoms with Gasteiger partial charge >= 0.3 is 0 Å². The van der Waals surface area contributed by atoms with Crippen molar-refractivity contribution in [1.29, 1.82) is 0 Å². The fourth-order valence-corrected chi connectivity index (χ4v) is 3.97. The Balaban J connectivity index is 1.62. The summed E-state index contributed by atoms with van der Waals surface area (Å²) in [5.41, 5.74) is 3.07. The molecule has 0 spiro atoms. The van der Waals surface area contributed by atoms with Crippen molar-refractivity contribution >= 4 is 5.91 Å². The van der Waals surface area contributed by atoms with E-state index in [1.807, 2.05) is 47.4 Å². The van der Waals surface area contributed by atoms with Crippen LogP contribution in [0.3, 0.4) is 0 Å². The smallest absolute Gasteiger partial charge is 0.237 e. The van der Waals surface area contributed by atoms with Crippen molar-refractivity contribution in [1.82, 2.24) is 9.80 Å². The molecule has 4 nitrogen and oxygen atoms in total. The molecule has 0 saturated carbocycles. The minimum Gasteiger partial charge on any atom is -0.497 e. The third kappa shape index (κ3) is 5.42. The lowest BCUT2D eigenvalue weighted by atomic mass is 10.0. The lowest BCUT2D eigenvalue weighted by molar-refractivity contribution is -0.135. The van der Waals surface area contributed by atoms with Crippen molar-refractivity contribution < 1.29 is 13.9 Å². The van der Waals surface area contributed by atoms with Gasteiger partial charge in [-0.1, -0.05) is 66.7 Å². The standard InChI is InChI=1S/C27H27FN2O2/c1-32-25-15-11-23(12-16-25)26-8-5-17-29(18-21-6-3-2-4-7-21)20-27(31)30(26)19-22-9-13-24(28)14-10-22/h2-16,26H,17-20H2,1H3/b8-5-/t26-/m1/s1. The summed E-state index contributed by atoms with van der Waals surface area (Å²) in [6.07, 6.45) is 4.21. The molecule has 32 heavy (non-hydrogen) atoms. The Morgan fingerprint density at radius 2 is 1.59 bits per heavy atom. The number of rotatable bonds is 6. The SMILES string of the molecule is COc1ccc([C@H]2/C=C\CN(Cc3ccccc3)CC(=O)N2Cc2ccc(F)cc2)cc1. The Morgan fingerprint density at radius 3 is 2.28 bits per heavy atom. The number of benzene rings is 3. The van der Waals surface area contributed by atoms with E-state index in [1.165, 1.54) is 17.7 Å². The van der Waals surface area contributed by atoms with E-state index in [0.29, 0.717) is 26.2 Å². The number of hydrogen-bond donors (Lipinski definition) is 0. The predicted octanol–water partition coefficient (Wildman–Crippen LogP) is 4.98. The van der Waals surface area contributed by atoms with Crippen LogP contribution in [0.1, 0.15) is 22.7 Å². The summed E-state index contributed by atoms with van der Waals surface area (Å²) in [6, 6.07) is 24.1. The van der Waals surface area contributed by atoms with E-state index in [1.54, 1.807) is 19.2 Å². The maximum Gasteiger partial charge on any atom is 0.237 e. The van der Waals surface area contributed by atoms with Gasteiger partial charge in [-0.15, -0.1) is 0 Å². The summed E-state index contributed by atoms with van der Waals surface area (Å²) in [6.45, 7) is 2.11. The number of methoxy groups -OCH3 is 1. The lowest BCUT2D eigenvalue weighted by Gasteiger charge is -2.34. The largest absolute Gasteiger partial charge is 0.497 e. The fraction of sp³-hybridized carbons (Fsp3) is 0.222. The van der Waals surface area contributed by atoms with Gasteiger partial charge in [0.1, 0.15) is 11.6 Å². The van der Waals surface area contributed by atoms with Crippen LogP contribution in [0.5, 0.6) is 5.75 Å². The van der Waals surface area contributed by atoms with Crippen molar-refractivity contribution in [3.63, 3.8) is 0 Å². The van der Waals surface area contributed by atoms with Gasteiger partial charge in [-0.2, -0.15) is 0 Å². The van der Waals surface area contributed by atoms with Gasteiger partial charge in [0, 0.05) is 19.6 Å². The zero-order chi connectivity index (χ0) is 22.3. The first kappa shape index (κ1) is 21.8. The summed E-state index contributed by atoms with van der Waals surface area (Å²) in [4.78, 5) is 17.5. The Bertz CT molecular complexity index is 1050. The molecule has 1 aliphatic rings. The first-order valence-corrected chi connectivity index (χ1v) is 10.7. The summed E-state index contributed by atoms with van der Waals surface area (Å²) in [5.74, 6) is 0.526. The average molecular weight is 431 g/mol. The van der Waals surface area contributed by atoms with Crippen LogP contribution in [-0.2, 0) is 17.9 Å². The van der Waals surface area contributed by atoms with Crippen LogP contribution < -0.4 is 4.74 Å². The molecule has 1 atom stereocenters. The normalized spacial score (nSPS) is 18.1. The first-order valence-electron chi connectivity index (χ1n) is 10.7. The topological polar surface area (TPSA) is 32.8 Å². The third-order valence-electron chi connectivity index (χ3n) is 5.67. The van der Waals surface area contributed by atoms with E-state index in [2.05, 4.69) is 29.2 Å². The quantitative estimate of drug-likeness (QED) is 0.518. The fourth-order valence-electron chi connectivity index (χ4n) is 3.97. The Labute approximate surface area is 188 Å². The van der Waals surface area contributed by atoms with Crippen molar-refractivity contribution in [3.8, 4) is 5.75 Å². The van der Waals surface area contributed by atoms with E-state index in [9.17, 15) is 9.18 Å². The number of nitrogens with zero attached hydrogens (tertiary/aromatic N) is 2. The van der Waals surface area contributed by atoms with Crippen LogP contribution >= 0.6 is 0 Å². The molecule has 0 radical (unpaired) electrons. The highest BCUT2D eigenvalue weighted by molar-refractivity contribution is 5.79. The molecule has 0 fully saturated rings. The Hall–Kier alpha value is -3.44. The number of ether oxygens (including phenoxy) is 1. The van der Waals surface area contributed by atoms with Crippen LogP contribution in [0, 0.1) is 5.82 Å². The van der Waals surface area contributed by atoms with Crippen LogP contribution in [0.4, 0.5) is 4.39 Å². The highest BCUT2D eigenvalue weighted by Gasteiger charge is 2.27. The highest BCUT2D eigenvalue weighted by atomic mass is 19.1. The van der Waals surface area contributed by atoms with E-state index in [4.69, 9.17) is 4.74 Å². The lowest BCUT2D eigenvalue weighted by Crippen LogP contribution is -2.43. The van der Waals surface area contributed by atoms with Crippen LogP contribution in [0.25, 0.3) is 0 Å². The summed E-state index contributed by atoms with van der Waals surface area (Å²) >= 11 is 0. The number of hydrogen-bond acceptors (Lipinski definition) is 3.